The predicted molar refractivity (Wildman–Crippen MR) is 73.1 cm³/mol. The summed E-state index contributed by atoms with van der Waals surface area (Å²) in [5.41, 5.74) is 0.441. The fourth-order valence-electron chi connectivity index (χ4n) is 3.38. The number of nitrogens with zero attached hydrogens (tertiary/aromatic N) is 1. The summed E-state index contributed by atoms with van der Waals surface area (Å²) in [5, 5.41) is 2.88. The molecule has 2 saturated heterocycles. The molecule has 2 aliphatic rings. The summed E-state index contributed by atoms with van der Waals surface area (Å²) in [6.07, 6.45) is -2.08. The molecule has 7 heteroatoms. The average Bonchev–Trinajstić information content (AvgIpc) is 3.00. The number of hydrogen-bond donors (Lipinski definition) is 1. The second-order valence-corrected chi connectivity index (χ2v) is 5.75. The number of benzene rings is 1. The van der Waals surface area contributed by atoms with Crippen LogP contribution in [-0.2, 0) is 11.3 Å². The first-order chi connectivity index (χ1) is 10.4. The van der Waals surface area contributed by atoms with Crippen molar-refractivity contribution in [3.05, 3.63) is 29.8 Å². The molecule has 0 aromatic heterocycles. The third kappa shape index (κ3) is 2.90. The van der Waals surface area contributed by atoms with Crippen LogP contribution in [0.15, 0.2) is 24.3 Å². The zero-order valence-electron chi connectivity index (χ0n) is 11.9. The van der Waals surface area contributed by atoms with Crippen LogP contribution in [-0.4, -0.2) is 35.8 Å². The number of nitrogens with one attached hydrogen (secondary N) is 1. The van der Waals surface area contributed by atoms with Crippen molar-refractivity contribution < 1.29 is 22.7 Å². The zero-order chi connectivity index (χ0) is 15.8. The van der Waals surface area contributed by atoms with Gasteiger partial charge in [0.1, 0.15) is 11.3 Å². The van der Waals surface area contributed by atoms with Gasteiger partial charge in [-0.15, -0.1) is 13.2 Å². The Morgan fingerprint density at radius 1 is 1.23 bits per heavy atom. The van der Waals surface area contributed by atoms with Crippen molar-refractivity contribution in [2.24, 2.45) is 0 Å². The molecule has 0 aliphatic carbocycles. The highest BCUT2D eigenvalue weighted by Gasteiger charge is 2.49. The molecule has 2 aliphatic heterocycles. The topological polar surface area (TPSA) is 41.6 Å². The molecular weight excluding hydrogens is 297 g/mol. The second-order valence-electron chi connectivity index (χ2n) is 5.75. The Hall–Kier alpha value is -1.76. The Morgan fingerprint density at radius 2 is 1.95 bits per heavy atom. The number of rotatable bonds is 3. The Bertz CT molecular complexity index is 555. The van der Waals surface area contributed by atoms with Crippen LogP contribution in [0.2, 0.25) is 0 Å². The molecule has 22 heavy (non-hydrogen) atoms. The van der Waals surface area contributed by atoms with Crippen LogP contribution in [0.3, 0.4) is 0 Å². The van der Waals surface area contributed by atoms with E-state index in [1.165, 1.54) is 12.1 Å². The zero-order valence-corrected chi connectivity index (χ0v) is 11.9. The second kappa shape index (κ2) is 5.46. The first-order valence-electron chi connectivity index (χ1n) is 7.27. The van der Waals surface area contributed by atoms with E-state index in [0.29, 0.717) is 13.1 Å². The van der Waals surface area contributed by atoms with E-state index in [2.05, 4.69) is 15.0 Å². The first-order valence-corrected chi connectivity index (χ1v) is 7.27. The predicted octanol–water partition coefficient (Wildman–Crippen LogP) is 2.44. The van der Waals surface area contributed by atoms with Crippen LogP contribution in [0.4, 0.5) is 13.2 Å². The molecule has 0 radical (unpaired) electrons. The van der Waals surface area contributed by atoms with Gasteiger partial charge in [-0.3, -0.25) is 9.69 Å². The SMILES string of the molecule is O=C1NCCC12CCCN2Cc1ccc(OC(F)(F)F)cc1. The van der Waals surface area contributed by atoms with Gasteiger partial charge in [0.2, 0.25) is 5.91 Å². The largest absolute Gasteiger partial charge is 0.573 e. The van der Waals surface area contributed by atoms with Gasteiger partial charge >= 0.3 is 6.36 Å². The van der Waals surface area contributed by atoms with Crippen molar-refractivity contribution in [2.45, 2.75) is 37.7 Å². The van der Waals surface area contributed by atoms with Crippen LogP contribution < -0.4 is 10.1 Å². The van der Waals surface area contributed by atoms with Crippen molar-refractivity contribution in [1.82, 2.24) is 10.2 Å². The van der Waals surface area contributed by atoms with E-state index in [9.17, 15) is 18.0 Å². The summed E-state index contributed by atoms with van der Waals surface area (Å²) in [6, 6.07) is 5.83. The van der Waals surface area contributed by atoms with E-state index in [1.807, 2.05) is 0 Å². The molecule has 0 saturated carbocycles. The van der Waals surface area contributed by atoms with Gasteiger partial charge in [0, 0.05) is 13.1 Å². The van der Waals surface area contributed by atoms with E-state index in [1.54, 1.807) is 12.1 Å². The van der Waals surface area contributed by atoms with Gasteiger partial charge in [-0.05, 0) is 43.5 Å². The molecule has 4 nitrogen and oxygen atoms in total. The highest BCUT2D eigenvalue weighted by atomic mass is 19.4. The maximum Gasteiger partial charge on any atom is 0.573 e. The first kappa shape index (κ1) is 15.1. The summed E-state index contributed by atoms with van der Waals surface area (Å²) < 4.78 is 40.3. The minimum Gasteiger partial charge on any atom is -0.406 e. The smallest absolute Gasteiger partial charge is 0.406 e. The highest BCUT2D eigenvalue weighted by Crippen LogP contribution is 2.36. The summed E-state index contributed by atoms with van der Waals surface area (Å²) in [5.74, 6) is -0.159. The minimum absolute atomic E-state index is 0.0713. The molecule has 1 spiro atoms. The maximum absolute atomic E-state index is 12.1. The lowest BCUT2D eigenvalue weighted by atomic mass is 9.94. The Balaban J connectivity index is 1.69. The van der Waals surface area contributed by atoms with Crippen LogP contribution >= 0.6 is 0 Å². The Kier molecular flexibility index (Phi) is 3.76. The lowest BCUT2D eigenvalue weighted by Crippen LogP contribution is -2.49. The number of halogens is 3. The third-order valence-electron chi connectivity index (χ3n) is 4.40. The molecular formula is C15H17F3N2O2. The average molecular weight is 314 g/mol. The maximum atomic E-state index is 12.1. The molecule has 1 aromatic carbocycles. The van der Waals surface area contributed by atoms with Gasteiger partial charge in [-0.1, -0.05) is 12.1 Å². The van der Waals surface area contributed by atoms with Gasteiger partial charge in [-0.2, -0.15) is 0 Å². The van der Waals surface area contributed by atoms with E-state index < -0.39 is 11.9 Å². The van der Waals surface area contributed by atoms with Gasteiger partial charge in [-0.25, -0.2) is 0 Å². The van der Waals surface area contributed by atoms with E-state index in [4.69, 9.17) is 0 Å². The molecule has 120 valence electrons. The minimum atomic E-state index is -4.68. The van der Waals surface area contributed by atoms with E-state index in [-0.39, 0.29) is 11.7 Å². The molecule has 1 aromatic rings. The number of ether oxygens (including phenoxy) is 1. The van der Waals surface area contributed by atoms with Gasteiger partial charge in [0.25, 0.3) is 0 Å². The van der Waals surface area contributed by atoms with Crippen LogP contribution in [0, 0.1) is 0 Å². The van der Waals surface area contributed by atoms with Gasteiger partial charge in [0.15, 0.2) is 0 Å². The van der Waals surface area contributed by atoms with Crippen molar-refractivity contribution in [2.75, 3.05) is 13.1 Å². The summed E-state index contributed by atoms with van der Waals surface area (Å²) in [6.45, 7) is 2.07. The van der Waals surface area contributed by atoms with Crippen molar-refractivity contribution in [3.8, 4) is 5.75 Å². The van der Waals surface area contributed by atoms with E-state index >= 15 is 0 Å². The number of alkyl halides is 3. The molecule has 1 unspecified atom stereocenters. The van der Waals surface area contributed by atoms with Crippen molar-refractivity contribution in [1.29, 1.82) is 0 Å². The fourth-order valence-corrected chi connectivity index (χ4v) is 3.38. The molecule has 1 N–H and O–H groups in total. The standard InChI is InChI=1S/C15H17F3N2O2/c16-15(17,18)22-12-4-2-11(3-5-12)10-20-9-1-6-14(20)7-8-19-13(14)21/h2-5H,1,6-10H2,(H,19,21). The van der Waals surface area contributed by atoms with Gasteiger partial charge in [0.05, 0.1) is 0 Å². The number of carbonyl (C=O) groups is 1. The van der Waals surface area contributed by atoms with Gasteiger partial charge < -0.3 is 10.1 Å². The highest BCUT2D eigenvalue weighted by molar-refractivity contribution is 5.88. The third-order valence-corrected chi connectivity index (χ3v) is 4.40. The molecule has 3 rings (SSSR count). The number of hydrogen-bond acceptors (Lipinski definition) is 3. The lowest BCUT2D eigenvalue weighted by molar-refractivity contribution is -0.274. The summed E-state index contributed by atoms with van der Waals surface area (Å²) in [7, 11) is 0. The molecule has 1 amide bonds. The summed E-state index contributed by atoms with van der Waals surface area (Å²) >= 11 is 0. The number of amides is 1. The van der Waals surface area contributed by atoms with Crippen LogP contribution in [0.5, 0.6) is 5.75 Å². The Morgan fingerprint density at radius 3 is 2.55 bits per heavy atom. The van der Waals surface area contributed by atoms with Crippen molar-refractivity contribution >= 4 is 5.91 Å². The Labute approximate surface area is 126 Å². The quantitative estimate of drug-likeness (QED) is 0.932. The molecule has 2 fully saturated rings. The molecule has 0 bridgehead atoms. The molecule has 1 atom stereocenters. The molecule has 2 heterocycles. The monoisotopic (exact) mass is 314 g/mol. The fraction of sp³-hybridized carbons (Fsp3) is 0.533. The summed E-state index contributed by atoms with van der Waals surface area (Å²) in [4.78, 5) is 14.2. The number of carbonyl (C=O) groups excluding carboxylic acids is 1. The number of likely N-dealkylation sites (tertiary alicyclic amines) is 1. The van der Waals surface area contributed by atoms with Crippen LogP contribution in [0.1, 0.15) is 24.8 Å². The van der Waals surface area contributed by atoms with Crippen LogP contribution in [0.25, 0.3) is 0 Å². The lowest BCUT2D eigenvalue weighted by Gasteiger charge is -2.32. The van der Waals surface area contributed by atoms with E-state index in [0.717, 1.165) is 31.4 Å². The van der Waals surface area contributed by atoms with Crippen molar-refractivity contribution in [3.63, 3.8) is 0 Å². The normalized spacial score (nSPS) is 25.7.